The van der Waals surface area contributed by atoms with E-state index in [-0.39, 0.29) is 4.88 Å². The van der Waals surface area contributed by atoms with Crippen molar-refractivity contribution in [2.45, 2.75) is 6.54 Å². The van der Waals surface area contributed by atoms with Crippen LogP contribution in [0.5, 0.6) is 0 Å². The molecule has 0 aliphatic carbocycles. The quantitative estimate of drug-likeness (QED) is 0.941. The molecule has 0 amide bonds. The number of carbonyl (C=O) groups is 1. The molecule has 4 nitrogen and oxygen atoms in total. The van der Waals surface area contributed by atoms with Gasteiger partial charge in [-0.2, -0.15) is 0 Å². The Morgan fingerprint density at radius 1 is 1.37 bits per heavy atom. The lowest BCUT2D eigenvalue weighted by atomic mass is 10.1. The van der Waals surface area contributed by atoms with Gasteiger partial charge in [0.1, 0.15) is 9.88 Å². The molecule has 1 heterocycles. The van der Waals surface area contributed by atoms with E-state index in [1.165, 1.54) is 11.3 Å². The molecule has 0 saturated heterocycles. The van der Waals surface area contributed by atoms with E-state index in [1.807, 2.05) is 19.0 Å². The summed E-state index contributed by atoms with van der Waals surface area (Å²) in [4.78, 5) is 17.9. The summed E-state index contributed by atoms with van der Waals surface area (Å²) in [6, 6.07) is 7.02. The summed E-state index contributed by atoms with van der Waals surface area (Å²) in [5, 5.41) is 10.7. The molecule has 0 bridgehead atoms. The molecule has 19 heavy (non-hydrogen) atoms. The average Bonchev–Trinajstić information content (AvgIpc) is 2.73. The van der Waals surface area contributed by atoms with Crippen molar-refractivity contribution in [3.8, 4) is 11.3 Å². The zero-order chi connectivity index (χ0) is 14.0. The number of aromatic nitrogens is 1. The highest BCUT2D eigenvalue weighted by Gasteiger charge is 2.18. The highest BCUT2D eigenvalue weighted by atomic mass is 35.5. The summed E-state index contributed by atoms with van der Waals surface area (Å²) >= 11 is 7.04. The number of rotatable bonds is 4. The van der Waals surface area contributed by atoms with Gasteiger partial charge in [0.15, 0.2) is 0 Å². The first-order valence-electron chi connectivity index (χ1n) is 5.61. The van der Waals surface area contributed by atoms with Crippen molar-refractivity contribution in [1.82, 2.24) is 9.88 Å². The minimum atomic E-state index is -0.951. The van der Waals surface area contributed by atoms with Gasteiger partial charge >= 0.3 is 5.97 Å². The van der Waals surface area contributed by atoms with Gasteiger partial charge in [0.05, 0.1) is 5.69 Å². The third-order valence-electron chi connectivity index (χ3n) is 2.43. The van der Waals surface area contributed by atoms with Crippen LogP contribution in [0.3, 0.4) is 0 Å². The third-order valence-corrected chi connectivity index (χ3v) is 3.71. The molecule has 1 aromatic carbocycles. The van der Waals surface area contributed by atoms with Gasteiger partial charge in [0.25, 0.3) is 0 Å². The number of nitrogens with zero attached hydrogens (tertiary/aromatic N) is 2. The molecule has 2 aromatic rings. The number of benzene rings is 1. The average molecular weight is 297 g/mol. The standard InChI is InChI=1S/C13H13ClN2O2S/c1-16(2)7-10-15-11(12(19-10)13(17)18)8-3-5-9(14)6-4-8/h3-6H,7H2,1-2H3,(H,17,18). The summed E-state index contributed by atoms with van der Waals surface area (Å²) < 4.78 is 0. The van der Waals surface area contributed by atoms with Crippen LogP contribution in [0.25, 0.3) is 11.3 Å². The topological polar surface area (TPSA) is 53.4 Å². The lowest BCUT2D eigenvalue weighted by molar-refractivity contribution is 0.0702. The van der Waals surface area contributed by atoms with Crippen molar-refractivity contribution in [2.75, 3.05) is 14.1 Å². The van der Waals surface area contributed by atoms with Gasteiger partial charge < -0.3 is 10.0 Å². The fourth-order valence-electron chi connectivity index (χ4n) is 1.65. The van der Waals surface area contributed by atoms with Crippen molar-refractivity contribution in [3.63, 3.8) is 0 Å². The molecule has 0 aliphatic heterocycles. The van der Waals surface area contributed by atoms with Crippen LogP contribution >= 0.6 is 22.9 Å². The molecule has 0 atom stereocenters. The Hall–Kier alpha value is -1.43. The Labute approximate surface area is 120 Å². The minimum absolute atomic E-state index is 0.263. The number of carboxylic acid groups (broad SMARTS) is 1. The maximum atomic E-state index is 11.3. The molecule has 2 rings (SSSR count). The van der Waals surface area contributed by atoms with Gasteiger partial charge in [0.2, 0.25) is 0 Å². The van der Waals surface area contributed by atoms with Gasteiger partial charge in [-0.1, -0.05) is 23.7 Å². The number of carboxylic acids is 1. The smallest absolute Gasteiger partial charge is 0.348 e. The molecular weight excluding hydrogens is 284 g/mol. The number of hydrogen-bond acceptors (Lipinski definition) is 4. The van der Waals surface area contributed by atoms with E-state index in [0.717, 1.165) is 10.6 Å². The van der Waals surface area contributed by atoms with Crippen LogP contribution in [-0.4, -0.2) is 35.1 Å². The molecule has 100 valence electrons. The zero-order valence-corrected chi connectivity index (χ0v) is 12.1. The molecule has 0 fully saturated rings. The Morgan fingerprint density at radius 3 is 2.53 bits per heavy atom. The van der Waals surface area contributed by atoms with Crippen LogP contribution in [0.4, 0.5) is 0 Å². The van der Waals surface area contributed by atoms with Gasteiger partial charge in [-0.25, -0.2) is 9.78 Å². The van der Waals surface area contributed by atoms with E-state index in [2.05, 4.69) is 4.98 Å². The summed E-state index contributed by atoms with van der Waals surface area (Å²) in [5.41, 5.74) is 1.27. The molecule has 0 aliphatic rings. The maximum absolute atomic E-state index is 11.3. The van der Waals surface area contributed by atoms with Crippen molar-refractivity contribution in [1.29, 1.82) is 0 Å². The van der Waals surface area contributed by atoms with Crippen LogP contribution in [0.15, 0.2) is 24.3 Å². The lowest BCUT2D eigenvalue weighted by Gasteiger charge is -2.04. The summed E-state index contributed by atoms with van der Waals surface area (Å²) in [5.74, 6) is -0.951. The maximum Gasteiger partial charge on any atom is 0.348 e. The highest BCUT2D eigenvalue weighted by molar-refractivity contribution is 7.14. The molecule has 0 saturated carbocycles. The molecule has 0 radical (unpaired) electrons. The van der Waals surface area contributed by atoms with E-state index in [4.69, 9.17) is 11.6 Å². The molecule has 1 aromatic heterocycles. The largest absolute Gasteiger partial charge is 0.477 e. The SMILES string of the molecule is CN(C)Cc1nc(-c2ccc(Cl)cc2)c(C(=O)O)s1. The fraction of sp³-hybridized carbons (Fsp3) is 0.231. The normalized spacial score (nSPS) is 10.9. The zero-order valence-electron chi connectivity index (χ0n) is 10.6. The lowest BCUT2D eigenvalue weighted by Crippen LogP contribution is -2.10. The van der Waals surface area contributed by atoms with Crippen LogP contribution in [0.2, 0.25) is 5.02 Å². The summed E-state index contributed by atoms with van der Waals surface area (Å²) in [6.45, 7) is 0.624. The van der Waals surface area contributed by atoms with Crippen LogP contribution < -0.4 is 0 Å². The van der Waals surface area contributed by atoms with E-state index in [9.17, 15) is 9.90 Å². The van der Waals surface area contributed by atoms with Crippen molar-refractivity contribution < 1.29 is 9.90 Å². The van der Waals surface area contributed by atoms with Crippen LogP contribution in [-0.2, 0) is 6.54 Å². The van der Waals surface area contributed by atoms with Crippen molar-refractivity contribution in [3.05, 3.63) is 39.2 Å². The first-order valence-corrected chi connectivity index (χ1v) is 6.80. The Morgan fingerprint density at radius 2 is 2.00 bits per heavy atom. The fourth-order valence-corrected chi connectivity index (χ4v) is 2.82. The minimum Gasteiger partial charge on any atom is -0.477 e. The molecule has 1 N–H and O–H groups in total. The number of hydrogen-bond donors (Lipinski definition) is 1. The number of aromatic carboxylic acids is 1. The van der Waals surface area contributed by atoms with E-state index >= 15 is 0 Å². The van der Waals surface area contributed by atoms with Gasteiger partial charge in [-0.05, 0) is 26.2 Å². The monoisotopic (exact) mass is 296 g/mol. The second-order valence-corrected chi connectivity index (χ2v) is 5.86. The van der Waals surface area contributed by atoms with Gasteiger partial charge in [0, 0.05) is 17.1 Å². The predicted molar refractivity (Wildman–Crippen MR) is 76.9 cm³/mol. The Balaban J connectivity index is 2.45. The summed E-state index contributed by atoms with van der Waals surface area (Å²) in [6.07, 6.45) is 0. The molecule has 6 heteroatoms. The van der Waals surface area contributed by atoms with Gasteiger partial charge in [-0.3, -0.25) is 0 Å². The molecular formula is C13H13ClN2O2S. The number of halogens is 1. The van der Waals surface area contributed by atoms with Crippen molar-refractivity contribution >= 4 is 28.9 Å². The second kappa shape index (κ2) is 5.69. The van der Waals surface area contributed by atoms with E-state index < -0.39 is 5.97 Å². The van der Waals surface area contributed by atoms with Crippen molar-refractivity contribution in [2.24, 2.45) is 0 Å². The van der Waals surface area contributed by atoms with Gasteiger partial charge in [-0.15, -0.1) is 11.3 Å². The Kier molecular flexibility index (Phi) is 4.19. The van der Waals surface area contributed by atoms with Crippen LogP contribution in [0, 0.1) is 0 Å². The number of thiazole rings is 1. The van der Waals surface area contributed by atoms with E-state index in [1.54, 1.807) is 24.3 Å². The summed E-state index contributed by atoms with van der Waals surface area (Å²) in [7, 11) is 3.84. The highest BCUT2D eigenvalue weighted by Crippen LogP contribution is 2.29. The van der Waals surface area contributed by atoms with E-state index in [0.29, 0.717) is 17.3 Å². The second-order valence-electron chi connectivity index (χ2n) is 4.34. The predicted octanol–water partition coefficient (Wildman–Crippen LogP) is 3.22. The Bertz CT molecular complexity index is 593. The molecule has 0 spiro atoms. The third kappa shape index (κ3) is 3.32. The molecule has 0 unspecified atom stereocenters. The van der Waals surface area contributed by atoms with Crippen LogP contribution in [0.1, 0.15) is 14.7 Å². The first kappa shape index (κ1) is 14.0. The first-order chi connectivity index (χ1) is 8.97.